The minimum atomic E-state index is -0.176. The first-order valence-corrected chi connectivity index (χ1v) is 5.85. The van der Waals surface area contributed by atoms with E-state index in [0.717, 1.165) is 25.5 Å². The van der Waals surface area contributed by atoms with Crippen molar-refractivity contribution < 1.29 is 9.53 Å². The van der Waals surface area contributed by atoms with Crippen LogP contribution in [0.1, 0.15) is 53.9 Å². The Labute approximate surface area is 93.4 Å². The van der Waals surface area contributed by atoms with E-state index in [-0.39, 0.29) is 17.6 Å². The highest BCUT2D eigenvalue weighted by atomic mass is 16.5. The molecule has 1 heterocycles. The molecular weight excluding hydrogens is 188 g/mol. The topological polar surface area (TPSA) is 26.3 Å². The van der Waals surface area contributed by atoms with Gasteiger partial charge in [-0.3, -0.25) is 0 Å². The number of carbonyl (C=O) groups excluding carboxylic acids is 1. The van der Waals surface area contributed by atoms with Crippen molar-refractivity contribution in [3.05, 3.63) is 0 Å². The molecule has 0 amide bonds. The summed E-state index contributed by atoms with van der Waals surface area (Å²) in [5.74, 6) is 0. The molecule has 15 heavy (non-hydrogen) atoms. The van der Waals surface area contributed by atoms with Crippen molar-refractivity contribution in [1.82, 2.24) is 0 Å². The standard InChI is InChI=1S/C13H24O2/c1-12(2,3)7-6-11-13(4,5)8-10(9-14)15-11/h9-11H,6-8H2,1-5H3/t10-,11?/m1/s1. The number of ether oxygens (including phenoxy) is 1. The van der Waals surface area contributed by atoms with Crippen LogP contribution in [0.5, 0.6) is 0 Å². The first-order valence-electron chi connectivity index (χ1n) is 5.85. The van der Waals surface area contributed by atoms with Crippen molar-refractivity contribution in [2.24, 2.45) is 10.8 Å². The van der Waals surface area contributed by atoms with Gasteiger partial charge in [-0.05, 0) is 30.1 Å². The van der Waals surface area contributed by atoms with E-state index in [1.54, 1.807) is 0 Å². The molecule has 0 bridgehead atoms. The van der Waals surface area contributed by atoms with Crippen molar-refractivity contribution >= 4 is 6.29 Å². The van der Waals surface area contributed by atoms with Crippen LogP contribution in [0.25, 0.3) is 0 Å². The van der Waals surface area contributed by atoms with Gasteiger partial charge >= 0.3 is 0 Å². The van der Waals surface area contributed by atoms with Crippen LogP contribution in [-0.2, 0) is 9.53 Å². The Morgan fingerprint density at radius 3 is 2.40 bits per heavy atom. The molecule has 2 nitrogen and oxygen atoms in total. The lowest BCUT2D eigenvalue weighted by molar-refractivity contribution is -0.117. The molecule has 2 heteroatoms. The molecule has 0 aliphatic carbocycles. The maximum atomic E-state index is 10.7. The molecule has 2 atom stereocenters. The minimum absolute atomic E-state index is 0.150. The van der Waals surface area contributed by atoms with Gasteiger partial charge in [0.2, 0.25) is 0 Å². The fourth-order valence-electron chi connectivity index (χ4n) is 2.20. The van der Waals surface area contributed by atoms with Crippen molar-refractivity contribution in [3.63, 3.8) is 0 Å². The monoisotopic (exact) mass is 212 g/mol. The van der Waals surface area contributed by atoms with Crippen molar-refractivity contribution in [2.75, 3.05) is 0 Å². The summed E-state index contributed by atoms with van der Waals surface area (Å²) in [6, 6.07) is 0. The Balaban J connectivity index is 2.51. The van der Waals surface area contributed by atoms with Gasteiger partial charge < -0.3 is 9.53 Å². The summed E-state index contributed by atoms with van der Waals surface area (Å²) < 4.78 is 5.75. The highest BCUT2D eigenvalue weighted by Gasteiger charge is 2.41. The quantitative estimate of drug-likeness (QED) is 0.671. The zero-order chi connectivity index (χ0) is 11.7. The SMILES string of the molecule is CC(C)(C)CCC1O[C@@H](C=O)CC1(C)C. The molecule has 1 fully saturated rings. The Morgan fingerprint density at radius 1 is 1.40 bits per heavy atom. The van der Waals surface area contributed by atoms with Gasteiger partial charge in [-0.15, -0.1) is 0 Å². The van der Waals surface area contributed by atoms with Crippen molar-refractivity contribution in [1.29, 1.82) is 0 Å². The lowest BCUT2D eigenvalue weighted by Crippen LogP contribution is -2.25. The molecule has 0 spiro atoms. The van der Waals surface area contributed by atoms with E-state index in [9.17, 15) is 4.79 Å². The largest absolute Gasteiger partial charge is 0.367 e. The molecule has 88 valence electrons. The van der Waals surface area contributed by atoms with Gasteiger partial charge in [0, 0.05) is 0 Å². The second kappa shape index (κ2) is 4.25. The molecule has 0 aromatic carbocycles. The molecule has 0 radical (unpaired) electrons. The van der Waals surface area contributed by atoms with Crippen LogP contribution in [0, 0.1) is 10.8 Å². The molecule has 1 aliphatic rings. The van der Waals surface area contributed by atoms with Crippen LogP contribution >= 0.6 is 0 Å². The Kier molecular flexibility index (Phi) is 3.59. The average Bonchev–Trinajstić information content (AvgIpc) is 2.36. The first kappa shape index (κ1) is 12.7. The smallest absolute Gasteiger partial charge is 0.148 e. The van der Waals surface area contributed by atoms with Crippen LogP contribution in [0.2, 0.25) is 0 Å². The second-order valence-electron chi connectivity index (χ2n) is 6.59. The summed E-state index contributed by atoms with van der Waals surface area (Å²) in [4.78, 5) is 10.7. The lowest BCUT2D eigenvalue weighted by Gasteiger charge is -2.28. The van der Waals surface area contributed by atoms with E-state index >= 15 is 0 Å². The summed E-state index contributed by atoms with van der Waals surface area (Å²) >= 11 is 0. The molecule has 1 rings (SSSR count). The molecule has 0 aromatic rings. The number of hydrogen-bond acceptors (Lipinski definition) is 2. The highest BCUT2D eigenvalue weighted by Crippen LogP contribution is 2.40. The zero-order valence-electron chi connectivity index (χ0n) is 10.7. The van der Waals surface area contributed by atoms with Gasteiger partial charge in [-0.2, -0.15) is 0 Å². The zero-order valence-corrected chi connectivity index (χ0v) is 10.7. The second-order valence-corrected chi connectivity index (χ2v) is 6.59. The predicted molar refractivity (Wildman–Crippen MR) is 61.8 cm³/mol. The molecule has 1 aliphatic heterocycles. The van der Waals surface area contributed by atoms with Crippen molar-refractivity contribution in [3.8, 4) is 0 Å². The molecule has 0 saturated carbocycles. The molecule has 1 saturated heterocycles. The third-order valence-electron chi connectivity index (χ3n) is 3.25. The van der Waals surface area contributed by atoms with E-state index in [2.05, 4.69) is 34.6 Å². The molecular formula is C13H24O2. The highest BCUT2D eigenvalue weighted by molar-refractivity contribution is 5.56. The molecule has 0 N–H and O–H groups in total. The average molecular weight is 212 g/mol. The van der Waals surface area contributed by atoms with Crippen LogP contribution in [0.4, 0.5) is 0 Å². The lowest BCUT2D eigenvalue weighted by atomic mass is 9.79. The summed E-state index contributed by atoms with van der Waals surface area (Å²) in [5, 5.41) is 0. The fraction of sp³-hybridized carbons (Fsp3) is 0.923. The van der Waals surface area contributed by atoms with Crippen LogP contribution in [0.15, 0.2) is 0 Å². The summed E-state index contributed by atoms with van der Waals surface area (Å²) in [7, 11) is 0. The van der Waals surface area contributed by atoms with Gasteiger partial charge in [0.25, 0.3) is 0 Å². The van der Waals surface area contributed by atoms with E-state index in [1.165, 1.54) is 0 Å². The fourth-order valence-corrected chi connectivity index (χ4v) is 2.20. The van der Waals surface area contributed by atoms with E-state index < -0.39 is 0 Å². The first-order chi connectivity index (χ1) is 6.74. The number of carbonyl (C=O) groups is 1. The molecule has 0 aromatic heterocycles. The van der Waals surface area contributed by atoms with Crippen LogP contribution in [0.3, 0.4) is 0 Å². The summed E-state index contributed by atoms with van der Waals surface area (Å²) in [6.45, 7) is 11.1. The van der Waals surface area contributed by atoms with Gasteiger partial charge in [0.15, 0.2) is 0 Å². The summed E-state index contributed by atoms with van der Waals surface area (Å²) in [6.07, 6.45) is 4.08. The normalized spacial score (nSPS) is 30.5. The van der Waals surface area contributed by atoms with E-state index in [1.807, 2.05) is 0 Å². The summed E-state index contributed by atoms with van der Waals surface area (Å²) in [5.41, 5.74) is 0.496. The Hall–Kier alpha value is -0.370. The van der Waals surface area contributed by atoms with Gasteiger partial charge in [-0.1, -0.05) is 34.6 Å². The van der Waals surface area contributed by atoms with Crippen LogP contribution in [-0.4, -0.2) is 18.5 Å². The van der Waals surface area contributed by atoms with Gasteiger partial charge in [0.1, 0.15) is 12.4 Å². The minimum Gasteiger partial charge on any atom is -0.367 e. The Bertz CT molecular complexity index is 225. The number of hydrogen-bond donors (Lipinski definition) is 0. The van der Waals surface area contributed by atoms with E-state index in [4.69, 9.17) is 4.74 Å². The third kappa shape index (κ3) is 3.60. The number of aldehydes is 1. The van der Waals surface area contributed by atoms with Crippen molar-refractivity contribution in [2.45, 2.75) is 66.1 Å². The maximum absolute atomic E-state index is 10.7. The third-order valence-corrected chi connectivity index (χ3v) is 3.25. The van der Waals surface area contributed by atoms with Crippen LogP contribution < -0.4 is 0 Å². The maximum Gasteiger partial charge on any atom is 0.148 e. The van der Waals surface area contributed by atoms with E-state index in [0.29, 0.717) is 5.41 Å². The van der Waals surface area contributed by atoms with Gasteiger partial charge in [0.05, 0.1) is 6.10 Å². The molecule has 1 unspecified atom stereocenters. The van der Waals surface area contributed by atoms with Gasteiger partial charge in [-0.25, -0.2) is 0 Å². The predicted octanol–water partition coefficient (Wildman–Crippen LogP) is 3.20. The number of rotatable bonds is 3. The Morgan fingerprint density at radius 2 is 2.00 bits per heavy atom.